The molecule has 1 unspecified atom stereocenters. The van der Waals surface area contributed by atoms with Gasteiger partial charge >= 0.3 is 0 Å². The number of morpholine rings is 1. The first-order chi connectivity index (χ1) is 11.7. The van der Waals surface area contributed by atoms with Crippen molar-refractivity contribution in [3.05, 3.63) is 58.1 Å². The highest BCUT2D eigenvalue weighted by Gasteiger charge is 2.23. The van der Waals surface area contributed by atoms with Crippen LogP contribution in [0.1, 0.15) is 11.7 Å². The van der Waals surface area contributed by atoms with Crippen molar-refractivity contribution < 1.29 is 14.6 Å². The van der Waals surface area contributed by atoms with Gasteiger partial charge in [0.25, 0.3) is 0 Å². The molecule has 0 aliphatic carbocycles. The van der Waals surface area contributed by atoms with Crippen LogP contribution < -0.4 is 4.74 Å². The molecular formula is C18H19Cl2NO3. The molecule has 1 N–H and O–H groups in total. The third-order valence-electron chi connectivity index (χ3n) is 3.93. The number of rotatable bonds is 5. The first kappa shape index (κ1) is 17.5. The fraction of sp³-hybridized carbons (Fsp3) is 0.333. The Morgan fingerprint density at radius 1 is 1.12 bits per heavy atom. The lowest BCUT2D eigenvalue weighted by atomic mass is 10.1. The Labute approximate surface area is 151 Å². The molecule has 1 aliphatic heterocycles. The molecule has 1 saturated heterocycles. The van der Waals surface area contributed by atoms with E-state index in [1.54, 1.807) is 30.3 Å². The highest BCUT2D eigenvalue weighted by molar-refractivity contribution is 6.31. The van der Waals surface area contributed by atoms with Gasteiger partial charge in [-0.1, -0.05) is 29.3 Å². The second-order valence-corrected chi connectivity index (χ2v) is 6.47. The highest BCUT2D eigenvalue weighted by Crippen LogP contribution is 2.33. The van der Waals surface area contributed by atoms with Crippen molar-refractivity contribution in [2.45, 2.75) is 6.10 Å². The Bertz CT molecular complexity index is 676. The number of hydrogen-bond acceptors (Lipinski definition) is 4. The van der Waals surface area contributed by atoms with E-state index < -0.39 is 0 Å². The zero-order valence-corrected chi connectivity index (χ0v) is 14.6. The summed E-state index contributed by atoms with van der Waals surface area (Å²) in [6.45, 7) is 2.97. The summed E-state index contributed by atoms with van der Waals surface area (Å²) >= 11 is 12.3. The molecule has 0 saturated carbocycles. The van der Waals surface area contributed by atoms with Gasteiger partial charge in [0.1, 0.15) is 11.5 Å². The second-order valence-electron chi connectivity index (χ2n) is 5.62. The van der Waals surface area contributed by atoms with Crippen LogP contribution in [0.15, 0.2) is 42.5 Å². The van der Waals surface area contributed by atoms with Crippen LogP contribution in [-0.4, -0.2) is 42.9 Å². The summed E-state index contributed by atoms with van der Waals surface area (Å²) in [4.78, 5) is 2.17. The average molecular weight is 368 g/mol. The van der Waals surface area contributed by atoms with E-state index in [0.29, 0.717) is 34.7 Å². The Hall–Kier alpha value is -1.30. The Morgan fingerprint density at radius 2 is 1.88 bits per heavy atom. The third kappa shape index (κ3) is 4.41. The number of ether oxygens (including phenoxy) is 2. The molecule has 1 fully saturated rings. The van der Waals surface area contributed by atoms with Gasteiger partial charge in [0.05, 0.1) is 24.3 Å². The van der Waals surface area contributed by atoms with E-state index in [0.717, 1.165) is 18.7 Å². The molecule has 1 heterocycles. The van der Waals surface area contributed by atoms with Gasteiger partial charge < -0.3 is 14.6 Å². The minimum absolute atomic E-state index is 0.0950. The minimum atomic E-state index is -0.0950. The van der Waals surface area contributed by atoms with Crippen LogP contribution >= 0.6 is 23.2 Å². The first-order valence-electron chi connectivity index (χ1n) is 7.83. The number of β-amino-alcohol motifs (C(OH)–C–C–N with tert-alkyl or cyclic N) is 1. The van der Waals surface area contributed by atoms with Crippen molar-refractivity contribution in [1.82, 2.24) is 4.90 Å². The van der Waals surface area contributed by atoms with Crippen LogP contribution in [0.2, 0.25) is 10.0 Å². The topological polar surface area (TPSA) is 41.9 Å². The highest BCUT2D eigenvalue weighted by atomic mass is 35.5. The Balaban J connectivity index is 1.71. The van der Waals surface area contributed by atoms with E-state index >= 15 is 0 Å². The predicted octanol–water partition coefficient (Wildman–Crippen LogP) is 4.15. The van der Waals surface area contributed by atoms with Crippen molar-refractivity contribution in [1.29, 1.82) is 0 Å². The maximum atomic E-state index is 9.09. The summed E-state index contributed by atoms with van der Waals surface area (Å²) in [5, 5.41) is 10.4. The van der Waals surface area contributed by atoms with Crippen LogP contribution in [0.3, 0.4) is 0 Å². The molecule has 128 valence electrons. The van der Waals surface area contributed by atoms with E-state index in [1.807, 2.05) is 12.1 Å². The number of hydrogen-bond donors (Lipinski definition) is 1. The molecule has 6 heteroatoms. The number of nitrogens with zero attached hydrogens (tertiary/aromatic N) is 1. The lowest BCUT2D eigenvalue weighted by Crippen LogP contribution is -2.39. The fourth-order valence-corrected chi connectivity index (χ4v) is 3.12. The molecule has 0 aromatic heterocycles. The largest absolute Gasteiger partial charge is 0.457 e. The summed E-state index contributed by atoms with van der Waals surface area (Å²) < 4.78 is 11.6. The molecule has 2 aromatic rings. The van der Waals surface area contributed by atoms with Gasteiger partial charge in [-0.25, -0.2) is 0 Å². The van der Waals surface area contributed by atoms with Crippen LogP contribution in [0.4, 0.5) is 0 Å². The molecule has 24 heavy (non-hydrogen) atoms. The van der Waals surface area contributed by atoms with Gasteiger partial charge in [0.15, 0.2) is 0 Å². The zero-order valence-electron chi connectivity index (χ0n) is 13.1. The average Bonchev–Trinajstić information content (AvgIpc) is 2.58. The number of aliphatic hydroxyl groups is 1. The Kier molecular flexibility index (Phi) is 5.98. The summed E-state index contributed by atoms with van der Waals surface area (Å²) in [5.41, 5.74) is 0.933. The van der Waals surface area contributed by atoms with Crippen LogP contribution in [0.5, 0.6) is 11.5 Å². The van der Waals surface area contributed by atoms with Crippen molar-refractivity contribution in [3.63, 3.8) is 0 Å². The van der Waals surface area contributed by atoms with Crippen LogP contribution in [0.25, 0.3) is 0 Å². The molecule has 0 amide bonds. The van der Waals surface area contributed by atoms with Gasteiger partial charge in [0, 0.05) is 30.2 Å². The smallest absolute Gasteiger partial charge is 0.128 e. The van der Waals surface area contributed by atoms with E-state index in [-0.39, 0.29) is 12.7 Å². The molecule has 2 aromatic carbocycles. The molecule has 0 bridgehead atoms. The molecule has 0 radical (unpaired) electrons. The van der Waals surface area contributed by atoms with E-state index in [9.17, 15) is 0 Å². The lowest BCUT2D eigenvalue weighted by molar-refractivity contribution is -0.0337. The van der Waals surface area contributed by atoms with E-state index in [1.165, 1.54) is 0 Å². The summed E-state index contributed by atoms with van der Waals surface area (Å²) in [6, 6.07) is 12.8. The third-order valence-corrected chi connectivity index (χ3v) is 4.51. The molecule has 1 aliphatic rings. The monoisotopic (exact) mass is 367 g/mol. The van der Waals surface area contributed by atoms with Crippen molar-refractivity contribution in [2.75, 3.05) is 32.8 Å². The van der Waals surface area contributed by atoms with E-state index in [2.05, 4.69) is 4.90 Å². The molecular weight excluding hydrogens is 349 g/mol. The summed E-state index contributed by atoms with van der Waals surface area (Å²) in [6.07, 6.45) is -0.0950. The quantitative estimate of drug-likeness (QED) is 0.861. The fourth-order valence-electron chi connectivity index (χ4n) is 2.71. The van der Waals surface area contributed by atoms with Crippen LogP contribution in [-0.2, 0) is 4.74 Å². The predicted molar refractivity (Wildman–Crippen MR) is 95.2 cm³/mol. The summed E-state index contributed by atoms with van der Waals surface area (Å²) in [5.74, 6) is 1.36. The number of benzene rings is 2. The maximum absolute atomic E-state index is 9.09. The second kappa shape index (κ2) is 8.19. The lowest BCUT2D eigenvalue weighted by Gasteiger charge is -2.33. The number of halogens is 2. The molecule has 4 nitrogen and oxygen atoms in total. The zero-order chi connectivity index (χ0) is 16.9. The normalized spacial score (nSPS) is 18.5. The first-order valence-corrected chi connectivity index (χ1v) is 8.59. The van der Waals surface area contributed by atoms with Gasteiger partial charge in [-0.05, 0) is 36.4 Å². The van der Waals surface area contributed by atoms with Crippen LogP contribution in [0, 0.1) is 0 Å². The summed E-state index contributed by atoms with van der Waals surface area (Å²) in [7, 11) is 0. The van der Waals surface area contributed by atoms with Crippen molar-refractivity contribution >= 4 is 23.2 Å². The maximum Gasteiger partial charge on any atom is 0.128 e. The van der Waals surface area contributed by atoms with Gasteiger partial charge in [-0.2, -0.15) is 0 Å². The van der Waals surface area contributed by atoms with Crippen molar-refractivity contribution in [3.8, 4) is 11.5 Å². The van der Waals surface area contributed by atoms with Gasteiger partial charge in [-0.3, -0.25) is 4.90 Å². The molecule has 1 atom stereocenters. The Morgan fingerprint density at radius 3 is 2.58 bits per heavy atom. The molecule has 3 rings (SSSR count). The van der Waals surface area contributed by atoms with Gasteiger partial charge in [0.2, 0.25) is 0 Å². The number of aliphatic hydroxyl groups excluding tert-OH is 1. The minimum Gasteiger partial charge on any atom is -0.457 e. The standard InChI is InChI=1S/C18H19Cl2NO3/c19-13-1-3-14(4-2-13)24-15-5-6-16(17(20)11-15)18-12-21(7-9-22)8-10-23-18/h1-6,11,18,22H,7-10,12H2. The molecule has 0 spiro atoms. The van der Waals surface area contributed by atoms with Crippen molar-refractivity contribution in [2.24, 2.45) is 0 Å². The SMILES string of the molecule is OCCN1CCOC(c2ccc(Oc3ccc(Cl)cc3)cc2Cl)C1. The van der Waals surface area contributed by atoms with E-state index in [4.69, 9.17) is 37.8 Å². The van der Waals surface area contributed by atoms with Gasteiger partial charge in [-0.15, -0.1) is 0 Å².